The second kappa shape index (κ2) is 9.67. The second-order valence-electron chi connectivity index (χ2n) is 9.00. The number of hydrogen-bond donors (Lipinski definition) is 1. The van der Waals surface area contributed by atoms with Crippen LogP contribution in [0.5, 0.6) is 0 Å². The van der Waals surface area contributed by atoms with Crippen LogP contribution in [0, 0.1) is 11.7 Å². The molecule has 0 radical (unpaired) electrons. The van der Waals surface area contributed by atoms with Crippen LogP contribution in [-0.4, -0.2) is 53.5 Å². The average molecular weight is 450 g/mol. The topological polar surface area (TPSA) is 71.5 Å². The summed E-state index contributed by atoms with van der Waals surface area (Å²) in [6.45, 7) is 5.30. The monoisotopic (exact) mass is 449 g/mol. The molecule has 0 aliphatic carbocycles. The van der Waals surface area contributed by atoms with Gasteiger partial charge in [0.2, 0.25) is 5.91 Å². The van der Waals surface area contributed by atoms with Crippen LogP contribution in [0.2, 0.25) is 0 Å². The van der Waals surface area contributed by atoms with Gasteiger partial charge >= 0.3 is 0 Å². The van der Waals surface area contributed by atoms with Crippen LogP contribution >= 0.6 is 0 Å². The molecule has 172 valence electrons. The molecule has 2 heterocycles. The fraction of sp³-hybridized carbons (Fsp3) is 0.346. The molecule has 2 aromatic carbocycles. The molecule has 6 nitrogen and oxygen atoms in total. The van der Waals surface area contributed by atoms with Crippen molar-refractivity contribution in [3.05, 3.63) is 77.9 Å². The second-order valence-corrected chi connectivity index (χ2v) is 9.00. The lowest BCUT2D eigenvalue weighted by molar-refractivity contribution is -0.137. The van der Waals surface area contributed by atoms with Crippen LogP contribution in [0.15, 0.2) is 60.9 Å². The van der Waals surface area contributed by atoms with E-state index in [0.29, 0.717) is 26.3 Å². The summed E-state index contributed by atoms with van der Waals surface area (Å²) in [6.07, 6.45) is 4.40. The summed E-state index contributed by atoms with van der Waals surface area (Å²) in [5.74, 6) is -1.07. The highest BCUT2D eigenvalue weighted by atomic mass is 19.1. The Hall–Kier alpha value is -3.32. The zero-order valence-electron chi connectivity index (χ0n) is 18.9. The highest BCUT2D eigenvalue weighted by Crippen LogP contribution is 2.23. The highest BCUT2D eigenvalue weighted by molar-refractivity contribution is 5.99. The van der Waals surface area contributed by atoms with Gasteiger partial charge in [0.1, 0.15) is 11.4 Å². The molecule has 3 aromatic rings. The molecule has 1 aliphatic rings. The number of nitrogens with zero attached hydrogens (tertiary/aromatic N) is 2. The van der Waals surface area contributed by atoms with E-state index in [1.54, 1.807) is 24.9 Å². The molecule has 1 aromatic heterocycles. The van der Waals surface area contributed by atoms with Gasteiger partial charge in [-0.05, 0) is 55.5 Å². The quantitative estimate of drug-likeness (QED) is 0.646. The number of benzene rings is 2. The number of ether oxygens (including phenoxy) is 1. The van der Waals surface area contributed by atoms with E-state index in [1.165, 1.54) is 23.8 Å². The third-order valence-electron chi connectivity index (χ3n) is 5.95. The van der Waals surface area contributed by atoms with Crippen molar-refractivity contribution in [2.75, 3.05) is 26.3 Å². The predicted molar refractivity (Wildman–Crippen MR) is 124 cm³/mol. The number of pyridine rings is 1. The number of nitrogens with one attached hydrogen (secondary N) is 1. The Bertz CT molecular complexity index is 1160. The summed E-state index contributed by atoms with van der Waals surface area (Å²) in [5, 5.41) is 4.99. The van der Waals surface area contributed by atoms with Gasteiger partial charge in [0.25, 0.3) is 5.91 Å². The molecule has 1 fully saturated rings. The fourth-order valence-corrected chi connectivity index (χ4v) is 4.29. The molecule has 0 spiro atoms. The average Bonchev–Trinajstić information content (AvgIpc) is 3.04. The zero-order chi connectivity index (χ0) is 23.4. The molecule has 0 bridgehead atoms. The third-order valence-corrected chi connectivity index (χ3v) is 5.95. The summed E-state index contributed by atoms with van der Waals surface area (Å²) in [6, 6.07) is 13.6. The number of hydrogen-bond acceptors (Lipinski definition) is 4. The minimum atomic E-state index is -1.15. The van der Waals surface area contributed by atoms with Crippen molar-refractivity contribution >= 4 is 22.6 Å². The van der Waals surface area contributed by atoms with Crippen molar-refractivity contribution in [2.45, 2.75) is 25.8 Å². The Morgan fingerprint density at radius 2 is 2.03 bits per heavy atom. The van der Waals surface area contributed by atoms with Crippen molar-refractivity contribution < 1.29 is 18.7 Å². The number of amides is 2. The smallest absolute Gasteiger partial charge is 0.252 e. The Morgan fingerprint density at radius 3 is 2.85 bits per heavy atom. The maximum absolute atomic E-state index is 13.5. The van der Waals surface area contributed by atoms with Gasteiger partial charge in [-0.3, -0.25) is 14.6 Å². The molecular weight excluding hydrogens is 421 g/mol. The van der Waals surface area contributed by atoms with Crippen LogP contribution in [0.3, 0.4) is 0 Å². The van der Waals surface area contributed by atoms with E-state index in [4.69, 9.17) is 4.74 Å². The Kier molecular flexibility index (Phi) is 6.70. The first-order chi connectivity index (χ1) is 15.8. The molecular formula is C26H28FN3O3. The van der Waals surface area contributed by atoms with E-state index in [2.05, 4.69) is 22.4 Å². The van der Waals surface area contributed by atoms with E-state index in [-0.39, 0.29) is 17.4 Å². The standard InChI is InChI=1S/C26H28FN3O3/c1-26(2,29-24(31)21-7-4-8-22(27)14-21)25(32)30-11-12-33-17-18(16-30)13-20-6-3-5-19-9-10-28-15-23(19)20/h3-10,14-15,18H,11-13,16-17H2,1-2H3,(H,29,31). The van der Waals surface area contributed by atoms with Gasteiger partial charge in [-0.1, -0.05) is 24.3 Å². The van der Waals surface area contributed by atoms with Crippen LogP contribution in [0.1, 0.15) is 29.8 Å². The zero-order valence-corrected chi connectivity index (χ0v) is 18.9. The Balaban J connectivity index is 1.47. The first-order valence-corrected chi connectivity index (χ1v) is 11.1. The lowest BCUT2D eigenvalue weighted by Crippen LogP contribution is -2.57. The van der Waals surface area contributed by atoms with E-state index < -0.39 is 17.3 Å². The van der Waals surface area contributed by atoms with Crippen LogP contribution in [0.4, 0.5) is 4.39 Å². The predicted octanol–water partition coefficient (Wildman–Crippen LogP) is 3.60. The molecule has 1 N–H and O–H groups in total. The molecule has 4 rings (SSSR count). The van der Waals surface area contributed by atoms with Crippen LogP contribution < -0.4 is 5.32 Å². The summed E-state index contributed by atoms with van der Waals surface area (Å²) in [5.41, 5.74) is 0.196. The van der Waals surface area contributed by atoms with Gasteiger partial charge in [0.05, 0.1) is 13.2 Å². The first kappa shape index (κ1) is 22.9. The van der Waals surface area contributed by atoms with Crippen molar-refractivity contribution in [1.29, 1.82) is 0 Å². The number of fused-ring (bicyclic) bond motifs is 1. The summed E-state index contributed by atoms with van der Waals surface area (Å²) in [4.78, 5) is 32.0. The largest absolute Gasteiger partial charge is 0.379 e. The Morgan fingerprint density at radius 1 is 1.21 bits per heavy atom. The van der Waals surface area contributed by atoms with Crippen molar-refractivity contribution in [3.63, 3.8) is 0 Å². The molecule has 1 atom stereocenters. The Labute approximate surface area is 192 Å². The van der Waals surface area contributed by atoms with Gasteiger partial charge < -0.3 is 15.0 Å². The van der Waals surface area contributed by atoms with Gasteiger partial charge in [-0.15, -0.1) is 0 Å². The third kappa shape index (κ3) is 5.37. The van der Waals surface area contributed by atoms with E-state index in [1.807, 2.05) is 18.3 Å². The minimum absolute atomic E-state index is 0.108. The molecule has 1 saturated heterocycles. The molecule has 2 amide bonds. The number of aromatic nitrogens is 1. The summed E-state index contributed by atoms with van der Waals surface area (Å²) in [7, 11) is 0. The SMILES string of the molecule is CC(C)(NC(=O)c1cccc(F)c1)C(=O)N1CCOCC(Cc2cccc3ccncc23)C1. The van der Waals surface area contributed by atoms with Crippen molar-refractivity contribution in [1.82, 2.24) is 15.2 Å². The maximum Gasteiger partial charge on any atom is 0.252 e. The number of rotatable bonds is 5. The molecule has 0 saturated carbocycles. The van der Waals surface area contributed by atoms with Gasteiger partial charge in [0, 0.05) is 42.4 Å². The fourth-order valence-electron chi connectivity index (χ4n) is 4.29. The highest BCUT2D eigenvalue weighted by Gasteiger charge is 2.35. The van der Waals surface area contributed by atoms with Gasteiger partial charge in [-0.2, -0.15) is 0 Å². The molecule has 1 unspecified atom stereocenters. The lowest BCUT2D eigenvalue weighted by Gasteiger charge is -2.33. The summed E-state index contributed by atoms with van der Waals surface area (Å²) < 4.78 is 19.3. The number of halogens is 1. The van der Waals surface area contributed by atoms with E-state index in [9.17, 15) is 14.0 Å². The molecule has 7 heteroatoms. The maximum atomic E-state index is 13.5. The van der Waals surface area contributed by atoms with E-state index >= 15 is 0 Å². The summed E-state index contributed by atoms with van der Waals surface area (Å²) >= 11 is 0. The first-order valence-electron chi connectivity index (χ1n) is 11.1. The van der Waals surface area contributed by atoms with Gasteiger partial charge in [0.15, 0.2) is 0 Å². The van der Waals surface area contributed by atoms with Crippen molar-refractivity contribution in [2.24, 2.45) is 5.92 Å². The normalized spacial score (nSPS) is 16.9. The lowest BCUT2D eigenvalue weighted by atomic mass is 9.95. The number of carbonyl (C=O) groups excluding carboxylic acids is 2. The molecule has 1 aliphatic heterocycles. The number of carbonyl (C=O) groups is 2. The van der Waals surface area contributed by atoms with Crippen LogP contribution in [0.25, 0.3) is 10.8 Å². The van der Waals surface area contributed by atoms with Gasteiger partial charge in [-0.25, -0.2) is 4.39 Å². The molecule has 33 heavy (non-hydrogen) atoms. The van der Waals surface area contributed by atoms with Crippen LogP contribution in [-0.2, 0) is 16.0 Å². The van der Waals surface area contributed by atoms with Crippen molar-refractivity contribution in [3.8, 4) is 0 Å². The minimum Gasteiger partial charge on any atom is -0.379 e. The van der Waals surface area contributed by atoms with E-state index in [0.717, 1.165) is 23.3 Å².